The highest BCUT2D eigenvalue weighted by atomic mass is 16.3. The lowest BCUT2D eigenvalue weighted by molar-refractivity contribution is -0.143. The lowest BCUT2D eigenvalue weighted by atomic mass is 9.46. The van der Waals surface area contributed by atoms with Crippen LogP contribution in [0.5, 0.6) is 0 Å². The van der Waals surface area contributed by atoms with Crippen LogP contribution in [0, 0.1) is 34.5 Å². The Bertz CT molecular complexity index is 621. The van der Waals surface area contributed by atoms with Crippen molar-refractivity contribution >= 4 is 11.6 Å². The number of ketones is 2. The van der Waals surface area contributed by atoms with E-state index in [4.69, 9.17) is 0 Å². The number of hydrogen-bond acceptors (Lipinski definition) is 3. The van der Waals surface area contributed by atoms with Crippen LogP contribution in [0.25, 0.3) is 0 Å². The number of fused-ring (bicyclic) bond motifs is 5. The van der Waals surface area contributed by atoms with E-state index in [-0.39, 0.29) is 34.6 Å². The number of aliphatic hydroxyl groups is 1. The fraction of sp³-hybridized carbons (Fsp3) is 0.810. The summed E-state index contributed by atoms with van der Waals surface area (Å²) in [6, 6.07) is 0. The van der Waals surface area contributed by atoms with Crippen molar-refractivity contribution in [3.63, 3.8) is 0 Å². The van der Waals surface area contributed by atoms with Gasteiger partial charge in [-0.15, -0.1) is 0 Å². The molecule has 4 aliphatic rings. The number of aliphatic hydroxyl groups excluding tert-OH is 1. The summed E-state index contributed by atoms with van der Waals surface area (Å²) < 4.78 is 0. The predicted octanol–water partition coefficient (Wildman–Crippen LogP) is 3.69. The van der Waals surface area contributed by atoms with Crippen molar-refractivity contribution in [3.8, 4) is 0 Å². The van der Waals surface area contributed by atoms with E-state index in [1.807, 2.05) is 6.08 Å². The molecule has 1 unspecified atom stereocenters. The minimum absolute atomic E-state index is 0.0219. The summed E-state index contributed by atoms with van der Waals surface area (Å²) in [5.41, 5.74) is 1.23. The quantitative estimate of drug-likeness (QED) is 0.797. The second-order valence-corrected chi connectivity index (χ2v) is 9.41. The smallest absolute Gasteiger partial charge is 0.155 e. The maximum absolute atomic E-state index is 12.2. The summed E-state index contributed by atoms with van der Waals surface area (Å²) in [5, 5.41) is 11.2. The zero-order chi connectivity index (χ0) is 17.3. The Morgan fingerprint density at radius 2 is 1.96 bits per heavy atom. The minimum atomic E-state index is -0.349. The van der Waals surface area contributed by atoms with E-state index in [1.54, 1.807) is 6.92 Å². The van der Waals surface area contributed by atoms with E-state index in [1.165, 1.54) is 5.57 Å². The molecular formula is C21H30O3. The van der Waals surface area contributed by atoms with Crippen LogP contribution in [0.2, 0.25) is 0 Å². The molecule has 4 rings (SSSR count). The molecule has 0 radical (unpaired) electrons. The SMILES string of the molecule is CC(=O)C1CC[C@H]2[C@@H]3CCC4=CC(=O)CC[C@@]4(C)[C@H]3[C@H](O)C[C@@]12C. The molecule has 0 aromatic rings. The van der Waals surface area contributed by atoms with Crippen LogP contribution >= 0.6 is 0 Å². The molecule has 3 saturated carbocycles. The molecule has 0 heterocycles. The fourth-order valence-corrected chi connectivity index (χ4v) is 7.35. The van der Waals surface area contributed by atoms with Crippen LogP contribution in [0.4, 0.5) is 0 Å². The first-order chi connectivity index (χ1) is 11.3. The number of allylic oxidation sites excluding steroid dienone is 1. The van der Waals surface area contributed by atoms with E-state index < -0.39 is 0 Å². The highest BCUT2D eigenvalue weighted by Crippen LogP contribution is 2.66. The molecule has 3 fully saturated rings. The third-order valence-corrected chi connectivity index (χ3v) is 8.38. The lowest BCUT2D eigenvalue weighted by Crippen LogP contribution is -2.56. The van der Waals surface area contributed by atoms with Crippen molar-refractivity contribution in [2.75, 3.05) is 0 Å². The van der Waals surface area contributed by atoms with Crippen molar-refractivity contribution in [2.45, 2.75) is 71.8 Å². The Morgan fingerprint density at radius 1 is 1.21 bits per heavy atom. The molecule has 0 aromatic heterocycles. The topological polar surface area (TPSA) is 54.4 Å². The van der Waals surface area contributed by atoms with Gasteiger partial charge >= 0.3 is 0 Å². The monoisotopic (exact) mass is 330 g/mol. The third-order valence-electron chi connectivity index (χ3n) is 8.38. The molecule has 0 spiro atoms. The van der Waals surface area contributed by atoms with Crippen molar-refractivity contribution in [3.05, 3.63) is 11.6 Å². The van der Waals surface area contributed by atoms with E-state index in [0.29, 0.717) is 24.0 Å². The molecular weight excluding hydrogens is 300 g/mol. The van der Waals surface area contributed by atoms with Gasteiger partial charge in [-0.05, 0) is 80.1 Å². The Hall–Kier alpha value is -0.960. The Kier molecular flexibility index (Phi) is 3.62. The van der Waals surface area contributed by atoms with Crippen molar-refractivity contribution in [1.82, 2.24) is 0 Å². The van der Waals surface area contributed by atoms with Gasteiger partial charge in [-0.25, -0.2) is 0 Å². The van der Waals surface area contributed by atoms with E-state index in [9.17, 15) is 14.7 Å². The van der Waals surface area contributed by atoms with Crippen molar-refractivity contribution in [2.24, 2.45) is 34.5 Å². The summed E-state index contributed by atoms with van der Waals surface area (Å²) in [4.78, 5) is 24.0. The molecule has 3 heteroatoms. The lowest BCUT2D eigenvalue weighted by Gasteiger charge is -2.59. The molecule has 7 atom stereocenters. The largest absolute Gasteiger partial charge is 0.393 e. The Morgan fingerprint density at radius 3 is 2.67 bits per heavy atom. The van der Waals surface area contributed by atoms with Gasteiger partial charge in [0.25, 0.3) is 0 Å². The number of carbonyl (C=O) groups excluding carboxylic acids is 2. The summed E-state index contributed by atoms with van der Waals surface area (Å²) in [6.45, 7) is 6.27. The first kappa shape index (κ1) is 16.5. The maximum atomic E-state index is 12.2. The van der Waals surface area contributed by atoms with E-state index in [0.717, 1.165) is 38.5 Å². The molecule has 0 aromatic carbocycles. The van der Waals surface area contributed by atoms with Crippen LogP contribution in [0.15, 0.2) is 11.6 Å². The van der Waals surface area contributed by atoms with Crippen LogP contribution in [0.3, 0.4) is 0 Å². The van der Waals surface area contributed by atoms with Gasteiger partial charge in [-0.1, -0.05) is 19.4 Å². The zero-order valence-electron chi connectivity index (χ0n) is 15.2. The molecule has 24 heavy (non-hydrogen) atoms. The second kappa shape index (κ2) is 5.27. The van der Waals surface area contributed by atoms with Crippen LogP contribution < -0.4 is 0 Å². The average Bonchev–Trinajstić information content (AvgIpc) is 2.84. The zero-order valence-corrected chi connectivity index (χ0v) is 15.2. The highest BCUT2D eigenvalue weighted by Gasteiger charge is 2.62. The number of Topliss-reactive ketones (excluding diaryl/α,β-unsaturated/α-hetero) is 1. The van der Waals surface area contributed by atoms with Gasteiger partial charge in [0, 0.05) is 12.3 Å². The van der Waals surface area contributed by atoms with Gasteiger partial charge in [0.15, 0.2) is 5.78 Å². The maximum Gasteiger partial charge on any atom is 0.155 e. The fourth-order valence-electron chi connectivity index (χ4n) is 7.35. The van der Waals surface area contributed by atoms with Gasteiger partial charge < -0.3 is 5.11 Å². The third kappa shape index (κ3) is 2.06. The summed E-state index contributed by atoms with van der Waals surface area (Å²) in [7, 11) is 0. The second-order valence-electron chi connectivity index (χ2n) is 9.41. The van der Waals surface area contributed by atoms with Gasteiger partial charge in [0.05, 0.1) is 6.10 Å². The predicted molar refractivity (Wildman–Crippen MR) is 92.3 cm³/mol. The van der Waals surface area contributed by atoms with Gasteiger partial charge in [-0.3, -0.25) is 9.59 Å². The molecule has 132 valence electrons. The van der Waals surface area contributed by atoms with E-state index in [2.05, 4.69) is 13.8 Å². The van der Waals surface area contributed by atoms with Crippen LogP contribution in [0.1, 0.15) is 65.7 Å². The molecule has 4 aliphatic carbocycles. The summed E-state index contributed by atoms with van der Waals surface area (Å²) >= 11 is 0. The van der Waals surface area contributed by atoms with Crippen molar-refractivity contribution in [1.29, 1.82) is 0 Å². The molecule has 0 saturated heterocycles. The Balaban J connectivity index is 1.72. The summed E-state index contributed by atoms with van der Waals surface area (Å²) in [6.07, 6.45) is 7.97. The Labute approximate surface area is 144 Å². The van der Waals surface area contributed by atoms with Gasteiger partial charge in [-0.2, -0.15) is 0 Å². The molecule has 0 aliphatic heterocycles. The standard InChI is InChI=1S/C21H30O3/c1-12(22)16-6-7-17-15-5-4-13-10-14(23)8-9-20(13,2)19(15)18(24)11-21(16,17)3/h10,15-19,24H,4-9,11H2,1-3H3/t15-,16?,17-,18+,19+,20+,21-/m0/s1. The normalized spacial score (nSPS) is 50.6. The minimum Gasteiger partial charge on any atom is -0.393 e. The molecule has 1 N–H and O–H groups in total. The molecule has 3 nitrogen and oxygen atoms in total. The molecule has 0 bridgehead atoms. The van der Waals surface area contributed by atoms with Crippen LogP contribution in [-0.2, 0) is 9.59 Å². The van der Waals surface area contributed by atoms with Crippen molar-refractivity contribution < 1.29 is 14.7 Å². The highest BCUT2D eigenvalue weighted by molar-refractivity contribution is 5.91. The molecule has 0 amide bonds. The van der Waals surface area contributed by atoms with Gasteiger partial charge in [0.2, 0.25) is 0 Å². The number of rotatable bonds is 1. The van der Waals surface area contributed by atoms with E-state index >= 15 is 0 Å². The summed E-state index contributed by atoms with van der Waals surface area (Å²) in [5.74, 6) is 1.99. The number of carbonyl (C=O) groups is 2. The average molecular weight is 330 g/mol. The van der Waals surface area contributed by atoms with Gasteiger partial charge in [0.1, 0.15) is 5.78 Å². The first-order valence-corrected chi connectivity index (χ1v) is 9.70. The van der Waals surface area contributed by atoms with Crippen LogP contribution in [-0.4, -0.2) is 22.8 Å². The number of hydrogen-bond donors (Lipinski definition) is 1. The first-order valence-electron chi connectivity index (χ1n) is 9.70.